The topological polar surface area (TPSA) is 38.9 Å². The molecule has 2 aromatic rings. The van der Waals surface area contributed by atoms with Crippen molar-refractivity contribution in [1.82, 2.24) is 4.98 Å². The minimum absolute atomic E-state index is 0.733. The van der Waals surface area contributed by atoms with Crippen LogP contribution in [0.3, 0.4) is 0 Å². The Balaban J connectivity index is 2.40. The summed E-state index contributed by atoms with van der Waals surface area (Å²) in [5.74, 6) is 0. The van der Waals surface area contributed by atoms with E-state index in [0.29, 0.717) is 0 Å². The third-order valence-corrected chi connectivity index (χ3v) is 2.63. The lowest BCUT2D eigenvalue weighted by Crippen LogP contribution is -1.91. The Labute approximate surface area is 96.1 Å². The van der Waals surface area contributed by atoms with Crippen molar-refractivity contribution in [3.63, 3.8) is 0 Å². The third-order valence-electron chi connectivity index (χ3n) is 2.63. The number of nitrogens with two attached hydrogens (primary N) is 1. The molecular weight excluding hydrogens is 196 g/mol. The minimum Gasteiger partial charge on any atom is -0.397 e. The average molecular weight is 212 g/mol. The van der Waals surface area contributed by atoms with Gasteiger partial charge in [-0.2, -0.15) is 0 Å². The number of benzene rings is 1. The van der Waals surface area contributed by atoms with Gasteiger partial charge in [0.05, 0.1) is 11.9 Å². The van der Waals surface area contributed by atoms with Gasteiger partial charge in [-0.25, -0.2) is 0 Å². The molecule has 0 amide bonds. The normalized spacial score (nSPS) is 10.3. The van der Waals surface area contributed by atoms with E-state index < -0.39 is 0 Å². The van der Waals surface area contributed by atoms with Crippen LogP contribution in [-0.4, -0.2) is 4.98 Å². The number of pyridine rings is 1. The zero-order valence-corrected chi connectivity index (χ0v) is 9.48. The van der Waals surface area contributed by atoms with Crippen LogP contribution in [-0.2, 0) is 6.42 Å². The van der Waals surface area contributed by atoms with Crippen molar-refractivity contribution in [2.75, 3.05) is 5.73 Å². The molecule has 1 aromatic carbocycles. The molecule has 82 valence electrons. The second-order valence-corrected chi connectivity index (χ2v) is 3.91. The lowest BCUT2D eigenvalue weighted by Gasteiger charge is -2.06. The van der Waals surface area contributed by atoms with Crippen LogP contribution in [0.1, 0.15) is 18.9 Å². The second kappa shape index (κ2) is 4.79. The molecule has 2 heteroatoms. The molecule has 0 aliphatic carbocycles. The Morgan fingerprint density at radius 3 is 2.88 bits per heavy atom. The van der Waals surface area contributed by atoms with Crippen LogP contribution in [0, 0.1) is 0 Å². The molecule has 0 bridgehead atoms. The molecule has 0 unspecified atom stereocenters. The second-order valence-electron chi connectivity index (χ2n) is 3.91. The molecule has 0 saturated carbocycles. The Bertz CT molecular complexity index is 478. The van der Waals surface area contributed by atoms with E-state index >= 15 is 0 Å². The fourth-order valence-electron chi connectivity index (χ4n) is 1.85. The summed E-state index contributed by atoms with van der Waals surface area (Å²) in [6, 6.07) is 10.5. The maximum Gasteiger partial charge on any atom is 0.0580 e. The number of nitrogens with zero attached hydrogens (tertiary/aromatic N) is 1. The van der Waals surface area contributed by atoms with Crippen LogP contribution in [0.15, 0.2) is 42.7 Å². The van der Waals surface area contributed by atoms with E-state index in [1.807, 2.05) is 6.07 Å². The summed E-state index contributed by atoms with van der Waals surface area (Å²) in [5, 5.41) is 0. The fourth-order valence-corrected chi connectivity index (χ4v) is 1.85. The minimum atomic E-state index is 0.733. The van der Waals surface area contributed by atoms with Gasteiger partial charge >= 0.3 is 0 Å². The Kier molecular flexibility index (Phi) is 3.20. The molecule has 2 nitrogen and oxygen atoms in total. The number of aryl methyl sites for hydroxylation is 1. The first kappa shape index (κ1) is 10.7. The lowest BCUT2D eigenvalue weighted by molar-refractivity contribution is 0.922. The summed E-state index contributed by atoms with van der Waals surface area (Å²) < 4.78 is 0. The van der Waals surface area contributed by atoms with E-state index in [1.165, 1.54) is 11.1 Å². The van der Waals surface area contributed by atoms with Gasteiger partial charge in [0, 0.05) is 11.8 Å². The zero-order chi connectivity index (χ0) is 11.4. The Morgan fingerprint density at radius 1 is 1.25 bits per heavy atom. The maximum atomic E-state index is 5.91. The van der Waals surface area contributed by atoms with Crippen LogP contribution >= 0.6 is 0 Å². The van der Waals surface area contributed by atoms with Gasteiger partial charge in [-0.15, -0.1) is 0 Å². The van der Waals surface area contributed by atoms with Gasteiger partial charge in [0.2, 0.25) is 0 Å². The van der Waals surface area contributed by atoms with E-state index in [9.17, 15) is 0 Å². The quantitative estimate of drug-likeness (QED) is 0.848. The van der Waals surface area contributed by atoms with E-state index in [-0.39, 0.29) is 0 Å². The molecule has 2 rings (SSSR count). The van der Waals surface area contributed by atoms with Crippen LogP contribution in [0.5, 0.6) is 0 Å². The molecule has 0 fully saturated rings. The lowest BCUT2D eigenvalue weighted by atomic mass is 10.0. The highest BCUT2D eigenvalue weighted by molar-refractivity contribution is 5.75. The first-order valence-electron chi connectivity index (χ1n) is 5.60. The molecule has 0 aliphatic heterocycles. The number of aromatic nitrogens is 1. The summed E-state index contributed by atoms with van der Waals surface area (Å²) in [5.41, 5.74) is 10.2. The molecule has 0 saturated heterocycles. The van der Waals surface area contributed by atoms with Crippen molar-refractivity contribution < 1.29 is 0 Å². The van der Waals surface area contributed by atoms with Crippen LogP contribution < -0.4 is 5.73 Å². The summed E-state index contributed by atoms with van der Waals surface area (Å²) in [6.07, 6.45) is 5.74. The number of hydrogen-bond donors (Lipinski definition) is 1. The molecule has 0 radical (unpaired) electrons. The first-order valence-corrected chi connectivity index (χ1v) is 5.60. The van der Waals surface area contributed by atoms with Gasteiger partial charge in [0.1, 0.15) is 0 Å². The van der Waals surface area contributed by atoms with Crippen molar-refractivity contribution in [3.05, 3.63) is 48.3 Å². The molecule has 0 spiro atoms. The molecule has 16 heavy (non-hydrogen) atoms. The first-order chi connectivity index (χ1) is 7.81. The van der Waals surface area contributed by atoms with Crippen molar-refractivity contribution in [2.45, 2.75) is 19.8 Å². The van der Waals surface area contributed by atoms with Gasteiger partial charge < -0.3 is 5.73 Å². The smallest absolute Gasteiger partial charge is 0.0580 e. The molecular formula is C14H16N2. The number of nitrogen functional groups attached to an aromatic ring is 1. The van der Waals surface area contributed by atoms with Crippen LogP contribution in [0.2, 0.25) is 0 Å². The number of rotatable bonds is 3. The van der Waals surface area contributed by atoms with E-state index in [2.05, 4.69) is 36.2 Å². The molecule has 1 aromatic heterocycles. The largest absolute Gasteiger partial charge is 0.397 e. The summed E-state index contributed by atoms with van der Waals surface area (Å²) in [7, 11) is 0. The predicted molar refractivity (Wildman–Crippen MR) is 68.1 cm³/mol. The van der Waals surface area contributed by atoms with Crippen molar-refractivity contribution >= 4 is 5.69 Å². The van der Waals surface area contributed by atoms with Crippen molar-refractivity contribution in [3.8, 4) is 11.1 Å². The Hall–Kier alpha value is -1.83. The highest BCUT2D eigenvalue weighted by Crippen LogP contribution is 2.25. The number of anilines is 1. The summed E-state index contributed by atoms with van der Waals surface area (Å²) >= 11 is 0. The summed E-state index contributed by atoms with van der Waals surface area (Å²) in [6.45, 7) is 2.19. The summed E-state index contributed by atoms with van der Waals surface area (Å²) in [4.78, 5) is 4.00. The van der Waals surface area contributed by atoms with E-state index in [4.69, 9.17) is 5.73 Å². The van der Waals surface area contributed by atoms with E-state index in [1.54, 1.807) is 12.4 Å². The monoisotopic (exact) mass is 212 g/mol. The molecule has 2 N–H and O–H groups in total. The third kappa shape index (κ3) is 2.22. The van der Waals surface area contributed by atoms with Gasteiger partial charge in [-0.1, -0.05) is 37.6 Å². The standard InChI is InChI=1S/C14H16N2/c1-2-4-11-5-3-6-12(9-11)13-7-8-16-10-14(13)15/h3,5-10H,2,4,15H2,1H3. The van der Waals surface area contributed by atoms with Gasteiger partial charge in [0.15, 0.2) is 0 Å². The molecule has 0 aliphatic rings. The maximum absolute atomic E-state index is 5.91. The highest BCUT2D eigenvalue weighted by atomic mass is 14.7. The predicted octanol–water partition coefficient (Wildman–Crippen LogP) is 3.28. The Morgan fingerprint density at radius 2 is 2.12 bits per heavy atom. The molecule has 0 atom stereocenters. The van der Waals surface area contributed by atoms with Gasteiger partial charge in [-0.05, 0) is 23.6 Å². The van der Waals surface area contributed by atoms with Crippen LogP contribution in [0.25, 0.3) is 11.1 Å². The van der Waals surface area contributed by atoms with Crippen molar-refractivity contribution in [2.24, 2.45) is 0 Å². The SMILES string of the molecule is CCCc1cccc(-c2ccncc2N)c1. The van der Waals surface area contributed by atoms with Crippen LogP contribution in [0.4, 0.5) is 5.69 Å². The highest BCUT2D eigenvalue weighted by Gasteiger charge is 2.02. The number of hydrogen-bond acceptors (Lipinski definition) is 2. The van der Waals surface area contributed by atoms with Gasteiger partial charge in [0.25, 0.3) is 0 Å². The van der Waals surface area contributed by atoms with Gasteiger partial charge in [-0.3, -0.25) is 4.98 Å². The van der Waals surface area contributed by atoms with E-state index in [0.717, 1.165) is 24.1 Å². The zero-order valence-electron chi connectivity index (χ0n) is 9.48. The van der Waals surface area contributed by atoms with Crippen molar-refractivity contribution in [1.29, 1.82) is 0 Å². The average Bonchev–Trinajstić information content (AvgIpc) is 2.30. The molecule has 1 heterocycles. The fraction of sp³-hybridized carbons (Fsp3) is 0.214.